The van der Waals surface area contributed by atoms with Crippen molar-refractivity contribution in [2.45, 2.75) is 71.0 Å². The van der Waals surface area contributed by atoms with Crippen molar-refractivity contribution in [1.82, 2.24) is 0 Å². The first kappa shape index (κ1) is 13.0. The molecule has 0 radical (unpaired) electrons. The largest absolute Gasteiger partial charge is 0.393 e. The number of rotatable bonds is 7. The predicted octanol–water partition coefficient (Wildman–Crippen LogP) is 3.13. The highest BCUT2D eigenvalue weighted by atomic mass is 16.5. The van der Waals surface area contributed by atoms with Crippen molar-refractivity contribution in [3.63, 3.8) is 0 Å². The van der Waals surface area contributed by atoms with E-state index in [-0.39, 0.29) is 6.10 Å². The van der Waals surface area contributed by atoms with Crippen LogP contribution in [0.15, 0.2) is 0 Å². The molecule has 0 bridgehead atoms. The summed E-state index contributed by atoms with van der Waals surface area (Å²) in [5.41, 5.74) is 0. The van der Waals surface area contributed by atoms with Crippen LogP contribution in [0.3, 0.4) is 0 Å². The smallest absolute Gasteiger partial charge is 0.0577 e. The molecule has 0 amide bonds. The minimum atomic E-state index is -0.115. The lowest BCUT2D eigenvalue weighted by Crippen LogP contribution is -2.15. The summed E-state index contributed by atoms with van der Waals surface area (Å²) in [6, 6.07) is 0. The Labute approximate surface area is 94.0 Å². The second kappa shape index (κ2) is 7.24. The van der Waals surface area contributed by atoms with E-state index in [1.807, 2.05) is 0 Å². The van der Waals surface area contributed by atoms with Gasteiger partial charge in [-0.2, -0.15) is 0 Å². The number of aliphatic hydroxyl groups is 1. The van der Waals surface area contributed by atoms with Crippen LogP contribution >= 0.6 is 0 Å². The molecule has 0 aliphatic carbocycles. The van der Waals surface area contributed by atoms with Crippen LogP contribution in [0.5, 0.6) is 0 Å². The van der Waals surface area contributed by atoms with Crippen molar-refractivity contribution < 1.29 is 9.84 Å². The highest BCUT2D eigenvalue weighted by molar-refractivity contribution is 4.68. The van der Waals surface area contributed by atoms with E-state index in [0.717, 1.165) is 25.9 Å². The highest BCUT2D eigenvalue weighted by Crippen LogP contribution is 2.20. The van der Waals surface area contributed by atoms with Gasteiger partial charge in [-0.25, -0.2) is 0 Å². The number of aliphatic hydroxyl groups excluding tert-OH is 1. The lowest BCUT2D eigenvalue weighted by molar-refractivity contribution is 0.0738. The molecule has 2 heteroatoms. The zero-order chi connectivity index (χ0) is 11.1. The maximum Gasteiger partial charge on any atom is 0.0577 e. The average Bonchev–Trinajstić information content (AvgIpc) is 2.67. The Hall–Kier alpha value is -0.0800. The van der Waals surface area contributed by atoms with Gasteiger partial charge in [-0.1, -0.05) is 26.7 Å². The third-order valence-corrected chi connectivity index (χ3v) is 3.30. The van der Waals surface area contributed by atoms with Gasteiger partial charge in [-0.05, 0) is 38.0 Å². The van der Waals surface area contributed by atoms with Gasteiger partial charge in [0.05, 0.1) is 12.2 Å². The highest BCUT2D eigenvalue weighted by Gasteiger charge is 2.17. The minimum absolute atomic E-state index is 0.115. The Morgan fingerprint density at radius 2 is 2.20 bits per heavy atom. The Balaban J connectivity index is 2.04. The van der Waals surface area contributed by atoms with Gasteiger partial charge >= 0.3 is 0 Å². The van der Waals surface area contributed by atoms with Gasteiger partial charge in [0, 0.05) is 6.61 Å². The van der Waals surface area contributed by atoms with Crippen LogP contribution in [0.1, 0.15) is 58.8 Å². The molecule has 3 atom stereocenters. The van der Waals surface area contributed by atoms with E-state index in [1.165, 1.54) is 25.7 Å². The normalized spacial score (nSPS) is 25.4. The predicted molar refractivity (Wildman–Crippen MR) is 62.9 cm³/mol. The zero-order valence-corrected chi connectivity index (χ0v) is 10.2. The molecule has 1 aliphatic rings. The molecule has 1 fully saturated rings. The van der Waals surface area contributed by atoms with Gasteiger partial charge in [0.1, 0.15) is 0 Å². The molecule has 3 unspecified atom stereocenters. The van der Waals surface area contributed by atoms with Crippen LogP contribution in [-0.4, -0.2) is 23.9 Å². The van der Waals surface area contributed by atoms with Crippen molar-refractivity contribution in [2.75, 3.05) is 6.61 Å². The fourth-order valence-corrected chi connectivity index (χ4v) is 2.44. The maximum atomic E-state index is 9.85. The average molecular weight is 214 g/mol. The molecule has 1 aliphatic heterocycles. The first-order valence-corrected chi connectivity index (χ1v) is 6.52. The first-order valence-electron chi connectivity index (χ1n) is 6.52. The summed E-state index contributed by atoms with van der Waals surface area (Å²) in [6.07, 6.45) is 8.08. The van der Waals surface area contributed by atoms with Crippen molar-refractivity contribution in [2.24, 2.45) is 5.92 Å². The van der Waals surface area contributed by atoms with Crippen LogP contribution in [0.2, 0.25) is 0 Å². The van der Waals surface area contributed by atoms with Crippen molar-refractivity contribution in [3.05, 3.63) is 0 Å². The molecule has 0 aromatic rings. The summed E-state index contributed by atoms with van der Waals surface area (Å²) < 4.78 is 5.54. The van der Waals surface area contributed by atoms with Gasteiger partial charge in [-0.3, -0.25) is 0 Å². The first-order chi connectivity index (χ1) is 7.22. The Bertz CT molecular complexity index is 153. The topological polar surface area (TPSA) is 29.5 Å². The van der Waals surface area contributed by atoms with Gasteiger partial charge in [0.2, 0.25) is 0 Å². The standard InChI is InChI=1S/C13H26O2/c1-3-5-11(2)10-12(14)7-8-13-6-4-9-15-13/h11-14H,3-10H2,1-2H3. The molecule has 0 saturated carbocycles. The fourth-order valence-electron chi connectivity index (χ4n) is 2.44. The summed E-state index contributed by atoms with van der Waals surface area (Å²) in [7, 11) is 0. The van der Waals surface area contributed by atoms with Gasteiger partial charge < -0.3 is 9.84 Å². The Kier molecular flexibility index (Phi) is 6.26. The lowest BCUT2D eigenvalue weighted by atomic mass is 9.95. The number of hydrogen-bond acceptors (Lipinski definition) is 2. The van der Waals surface area contributed by atoms with Crippen LogP contribution in [0.25, 0.3) is 0 Å². The van der Waals surface area contributed by atoms with Crippen molar-refractivity contribution >= 4 is 0 Å². The van der Waals surface area contributed by atoms with E-state index in [2.05, 4.69) is 13.8 Å². The lowest BCUT2D eigenvalue weighted by Gasteiger charge is -2.17. The van der Waals surface area contributed by atoms with Gasteiger partial charge in [0.15, 0.2) is 0 Å². The monoisotopic (exact) mass is 214 g/mol. The summed E-state index contributed by atoms with van der Waals surface area (Å²) in [5, 5.41) is 9.85. The second-order valence-corrected chi connectivity index (χ2v) is 5.00. The van der Waals surface area contributed by atoms with Gasteiger partial charge in [0.25, 0.3) is 0 Å². The van der Waals surface area contributed by atoms with E-state index >= 15 is 0 Å². The van der Waals surface area contributed by atoms with Crippen LogP contribution in [0.4, 0.5) is 0 Å². The molecule has 90 valence electrons. The van der Waals surface area contributed by atoms with Crippen molar-refractivity contribution in [3.8, 4) is 0 Å². The number of ether oxygens (including phenoxy) is 1. The summed E-state index contributed by atoms with van der Waals surface area (Å²) in [5.74, 6) is 0.662. The van der Waals surface area contributed by atoms with Crippen LogP contribution in [-0.2, 0) is 4.74 Å². The third-order valence-electron chi connectivity index (χ3n) is 3.30. The van der Waals surface area contributed by atoms with E-state index in [1.54, 1.807) is 0 Å². The van der Waals surface area contributed by atoms with E-state index in [9.17, 15) is 5.11 Å². The second-order valence-electron chi connectivity index (χ2n) is 5.00. The van der Waals surface area contributed by atoms with Crippen LogP contribution in [0, 0.1) is 5.92 Å². The fraction of sp³-hybridized carbons (Fsp3) is 1.00. The molecule has 0 aromatic heterocycles. The summed E-state index contributed by atoms with van der Waals surface area (Å²) >= 11 is 0. The zero-order valence-electron chi connectivity index (χ0n) is 10.2. The molecular formula is C13H26O2. The molecular weight excluding hydrogens is 188 g/mol. The Morgan fingerprint density at radius 3 is 2.80 bits per heavy atom. The number of hydrogen-bond donors (Lipinski definition) is 1. The molecule has 0 aromatic carbocycles. The SMILES string of the molecule is CCCC(C)CC(O)CCC1CCCO1. The Morgan fingerprint density at radius 1 is 1.40 bits per heavy atom. The molecule has 15 heavy (non-hydrogen) atoms. The maximum absolute atomic E-state index is 9.85. The van der Waals surface area contributed by atoms with Gasteiger partial charge in [-0.15, -0.1) is 0 Å². The van der Waals surface area contributed by atoms with Crippen LogP contribution < -0.4 is 0 Å². The minimum Gasteiger partial charge on any atom is -0.393 e. The quantitative estimate of drug-likeness (QED) is 0.705. The summed E-state index contributed by atoms with van der Waals surface area (Å²) in [6.45, 7) is 5.36. The molecule has 1 N–H and O–H groups in total. The summed E-state index contributed by atoms with van der Waals surface area (Å²) in [4.78, 5) is 0. The third kappa shape index (κ3) is 5.53. The van der Waals surface area contributed by atoms with Crippen molar-refractivity contribution in [1.29, 1.82) is 0 Å². The van der Waals surface area contributed by atoms with E-state index < -0.39 is 0 Å². The molecule has 1 saturated heterocycles. The van der Waals surface area contributed by atoms with E-state index in [0.29, 0.717) is 12.0 Å². The molecule has 1 heterocycles. The molecule has 1 rings (SSSR count). The van der Waals surface area contributed by atoms with E-state index in [4.69, 9.17) is 4.74 Å². The molecule has 0 spiro atoms. The molecule has 2 nitrogen and oxygen atoms in total.